The van der Waals surface area contributed by atoms with Crippen LogP contribution in [0.5, 0.6) is 0 Å². The van der Waals surface area contributed by atoms with Crippen LogP contribution >= 0.6 is 0 Å². The van der Waals surface area contributed by atoms with Crippen molar-refractivity contribution < 1.29 is 0 Å². The maximum atomic E-state index is 6.16. The lowest BCUT2D eigenvalue weighted by Crippen LogP contribution is -2.31. The average Bonchev–Trinajstić information content (AvgIpc) is 2.46. The van der Waals surface area contributed by atoms with E-state index in [1.54, 1.807) is 0 Å². The average molecular weight is 193 g/mol. The second-order valence-corrected chi connectivity index (χ2v) is 4.37. The van der Waals surface area contributed by atoms with Gasteiger partial charge in [0, 0.05) is 12.2 Å². The normalized spacial score (nSPS) is 28.7. The van der Waals surface area contributed by atoms with Crippen LogP contribution in [-0.2, 0) is 0 Å². The molecule has 2 rings (SSSR count). The molecule has 0 aliphatic heterocycles. The minimum Gasteiger partial charge on any atom is -0.326 e. The summed E-state index contributed by atoms with van der Waals surface area (Å²) >= 11 is 0. The minimum atomic E-state index is 0.289. The molecule has 1 heterocycles. The van der Waals surface area contributed by atoms with Crippen molar-refractivity contribution in [2.75, 3.05) is 0 Å². The summed E-state index contributed by atoms with van der Waals surface area (Å²) in [5.74, 6) is 0. The largest absolute Gasteiger partial charge is 0.326 e. The maximum absolute atomic E-state index is 6.16. The number of rotatable bonds is 1. The monoisotopic (exact) mass is 193 g/mol. The van der Waals surface area contributed by atoms with E-state index in [1.807, 2.05) is 6.20 Å². The highest BCUT2D eigenvalue weighted by molar-refractivity contribution is 5.01. The van der Waals surface area contributed by atoms with Gasteiger partial charge in [0.1, 0.15) is 0 Å². The molecule has 1 aromatic rings. The molecular weight excluding hydrogens is 174 g/mol. The summed E-state index contributed by atoms with van der Waals surface area (Å²) < 4.78 is 2.06. The first-order chi connectivity index (χ1) is 6.77. The van der Waals surface area contributed by atoms with Gasteiger partial charge in [0.2, 0.25) is 0 Å². The summed E-state index contributed by atoms with van der Waals surface area (Å²) in [6, 6.07) is 0.711. The third-order valence-corrected chi connectivity index (χ3v) is 3.10. The van der Waals surface area contributed by atoms with Crippen molar-refractivity contribution in [1.82, 2.24) is 9.78 Å². The first-order valence-electron chi connectivity index (χ1n) is 5.54. The number of aryl methyl sites for hydroxylation is 1. The fourth-order valence-electron chi connectivity index (χ4n) is 2.26. The third kappa shape index (κ3) is 1.98. The van der Waals surface area contributed by atoms with Crippen molar-refractivity contribution >= 4 is 0 Å². The molecule has 0 saturated heterocycles. The third-order valence-electron chi connectivity index (χ3n) is 3.10. The Bertz CT molecular complexity index is 292. The van der Waals surface area contributed by atoms with Crippen LogP contribution in [0.1, 0.15) is 43.7 Å². The van der Waals surface area contributed by atoms with Gasteiger partial charge in [0.25, 0.3) is 0 Å². The molecule has 1 fully saturated rings. The minimum absolute atomic E-state index is 0.289. The molecule has 0 aromatic carbocycles. The number of hydrogen-bond acceptors (Lipinski definition) is 2. The lowest BCUT2D eigenvalue weighted by atomic mass is 10.0. The van der Waals surface area contributed by atoms with E-state index in [2.05, 4.69) is 22.9 Å². The van der Waals surface area contributed by atoms with Gasteiger partial charge in [-0.15, -0.1) is 0 Å². The molecule has 1 aliphatic rings. The lowest BCUT2D eigenvalue weighted by molar-refractivity contribution is 0.358. The topological polar surface area (TPSA) is 43.8 Å². The van der Waals surface area contributed by atoms with Gasteiger partial charge in [-0.25, -0.2) is 0 Å². The molecule has 0 radical (unpaired) electrons. The predicted molar refractivity (Wildman–Crippen MR) is 57.1 cm³/mol. The van der Waals surface area contributed by atoms with E-state index in [0.29, 0.717) is 6.04 Å². The van der Waals surface area contributed by atoms with Crippen LogP contribution in [0, 0.1) is 6.92 Å². The predicted octanol–water partition coefficient (Wildman–Crippen LogP) is 2.02. The van der Waals surface area contributed by atoms with E-state index in [0.717, 1.165) is 6.42 Å². The van der Waals surface area contributed by atoms with E-state index in [9.17, 15) is 0 Å². The number of hydrogen-bond donors (Lipinski definition) is 1. The molecule has 3 heteroatoms. The Hall–Kier alpha value is -0.830. The number of nitrogens with zero attached hydrogens (tertiary/aromatic N) is 2. The number of aromatic nitrogens is 2. The Morgan fingerprint density at radius 3 is 2.86 bits per heavy atom. The van der Waals surface area contributed by atoms with Crippen molar-refractivity contribution in [3.05, 3.63) is 18.0 Å². The van der Waals surface area contributed by atoms with E-state index in [4.69, 9.17) is 5.73 Å². The van der Waals surface area contributed by atoms with Gasteiger partial charge in [0.15, 0.2) is 0 Å². The van der Waals surface area contributed by atoms with Crippen molar-refractivity contribution in [1.29, 1.82) is 0 Å². The van der Waals surface area contributed by atoms with Crippen molar-refractivity contribution in [3.63, 3.8) is 0 Å². The van der Waals surface area contributed by atoms with Crippen LogP contribution in [0.25, 0.3) is 0 Å². The molecule has 2 unspecified atom stereocenters. The molecule has 1 aromatic heterocycles. The van der Waals surface area contributed by atoms with Crippen LogP contribution in [0.3, 0.4) is 0 Å². The van der Waals surface area contributed by atoms with Crippen LogP contribution < -0.4 is 5.73 Å². The lowest BCUT2D eigenvalue weighted by Gasteiger charge is -2.21. The zero-order valence-corrected chi connectivity index (χ0v) is 8.82. The molecule has 1 aliphatic carbocycles. The van der Waals surface area contributed by atoms with Crippen molar-refractivity contribution in [2.24, 2.45) is 5.73 Å². The summed E-state index contributed by atoms with van der Waals surface area (Å²) in [5.41, 5.74) is 7.38. The van der Waals surface area contributed by atoms with Gasteiger partial charge >= 0.3 is 0 Å². The quantitative estimate of drug-likeness (QED) is 0.693. The summed E-state index contributed by atoms with van der Waals surface area (Å²) in [6.07, 6.45) is 10.2. The molecule has 0 amide bonds. The fraction of sp³-hybridized carbons (Fsp3) is 0.727. The summed E-state index contributed by atoms with van der Waals surface area (Å²) in [5, 5.41) is 4.37. The van der Waals surface area contributed by atoms with Gasteiger partial charge in [-0.2, -0.15) is 5.10 Å². The molecular formula is C11H19N3. The summed E-state index contributed by atoms with van der Waals surface area (Å²) in [6.45, 7) is 2.08. The molecule has 2 atom stereocenters. The summed E-state index contributed by atoms with van der Waals surface area (Å²) in [4.78, 5) is 0. The zero-order valence-electron chi connectivity index (χ0n) is 8.82. The molecule has 3 nitrogen and oxygen atoms in total. The van der Waals surface area contributed by atoms with Crippen molar-refractivity contribution in [2.45, 2.75) is 51.1 Å². The Balaban J connectivity index is 2.14. The molecule has 78 valence electrons. The standard InChI is InChI=1S/C11H19N3/c1-9-7-13-14(8-9)11-6-4-2-3-5-10(11)12/h7-8,10-11H,2-6,12H2,1H3. The van der Waals surface area contributed by atoms with Crippen molar-refractivity contribution in [3.8, 4) is 0 Å². The zero-order chi connectivity index (χ0) is 9.97. The maximum Gasteiger partial charge on any atom is 0.0670 e. The van der Waals surface area contributed by atoms with Crippen LogP contribution in [0.4, 0.5) is 0 Å². The van der Waals surface area contributed by atoms with Crippen LogP contribution in [0.2, 0.25) is 0 Å². The fourth-order valence-corrected chi connectivity index (χ4v) is 2.26. The SMILES string of the molecule is Cc1cnn(C2CCCCCC2N)c1. The molecule has 0 bridgehead atoms. The molecule has 2 N–H and O–H groups in total. The molecule has 1 saturated carbocycles. The Morgan fingerprint density at radius 2 is 2.14 bits per heavy atom. The first-order valence-corrected chi connectivity index (χ1v) is 5.54. The molecule has 14 heavy (non-hydrogen) atoms. The highest BCUT2D eigenvalue weighted by Gasteiger charge is 2.22. The highest BCUT2D eigenvalue weighted by atomic mass is 15.3. The van der Waals surface area contributed by atoms with Gasteiger partial charge in [-0.3, -0.25) is 4.68 Å². The second kappa shape index (κ2) is 4.13. The summed E-state index contributed by atoms with van der Waals surface area (Å²) in [7, 11) is 0. The Kier molecular flexibility index (Phi) is 2.87. The van der Waals surface area contributed by atoms with Gasteiger partial charge in [-0.1, -0.05) is 19.3 Å². The smallest absolute Gasteiger partial charge is 0.0670 e. The van der Waals surface area contributed by atoms with Gasteiger partial charge in [-0.05, 0) is 25.3 Å². The van der Waals surface area contributed by atoms with E-state index in [-0.39, 0.29) is 6.04 Å². The second-order valence-electron chi connectivity index (χ2n) is 4.37. The number of nitrogens with two attached hydrogens (primary N) is 1. The van der Waals surface area contributed by atoms with Crippen LogP contribution in [0.15, 0.2) is 12.4 Å². The van der Waals surface area contributed by atoms with E-state index < -0.39 is 0 Å². The highest BCUT2D eigenvalue weighted by Crippen LogP contribution is 2.25. The Labute approximate surface area is 85.3 Å². The first kappa shape index (κ1) is 9.71. The van der Waals surface area contributed by atoms with Crippen LogP contribution in [-0.4, -0.2) is 15.8 Å². The van der Waals surface area contributed by atoms with Gasteiger partial charge in [0.05, 0.1) is 12.2 Å². The van der Waals surface area contributed by atoms with Gasteiger partial charge < -0.3 is 5.73 Å². The van der Waals surface area contributed by atoms with E-state index >= 15 is 0 Å². The molecule has 0 spiro atoms. The Morgan fingerprint density at radius 1 is 1.36 bits per heavy atom. The van der Waals surface area contributed by atoms with E-state index in [1.165, 1.54) is 31.2 Å².